The smallest absolute Gasteiger partial charge is 0.303 e. The molecule has 2 rings (SSSR count). The average molecular weight is 298 g/mol. The van der Waals surface area contributed by atoms with Gasteiger partial charge >= 0.3 is 5.97 Å². The second-order valence-corrected chi connectivity index (χ2v) is 5.39. The van der Waals surface area contributed by atoms with E-state index < -0.39 is 5.97 Å². The van der Waals surface area contributed by atoms with Crippen LogP contribution in [-0.2, 0) is 9.59 Å². The zero-order valence-corrected chi connectivity index (χ0v) is 11.9. The van der Waals surface area contributed by atoms with Crippen LogP contribution in [0, 0.1) is 12.8 Å². The van der Waals surface area contributed by atoms with Gasteiger partial charge in [-0.3, -0.25) is 9.59 Å². The molecule has 1 saturated heterocycles. The van der Waals surface area contributed by atoms with E-state index in [0.717, 1.165) is 5.56 Å². The van der Waals surface area contributed by atoms with Crippen LogP contribution in [-0.4, -0.2) is 41.6 Å². The SMILES string of the molecule is Cc1ccc(Cl)c(OCC(=O)N2CC(CC(=O)O)C2)c1. The number of likely N-dealkylation sites (tertiary alicyclic amines) is 1. The van der Waals surface area contributed by atoms with Gasteiger partial charge in [0.25, 0.3) is 5.91 Å². The summed E-state index contributed by atoms with van der Waals surface area (Å²) in [6.45, 7) is 2.80. The van der Waals surface area contributed by atoms with Gasteiger partial charge in [-0.25, -0.2) is 0 Å². The van der Waals surface area contributed by atoms with Gasteiger partial charge in [-0.2, -0.15) is 0 Å². The summed E-state index contributed by atoms with van der Waals surface area (Å²) in [6.07, 6.45) is 0.106. The van der Waals surface area contributed by atoms with Crippen LogP contribution in [0.1, 0.15) is 12.0 Å². The summed E-state index contributed by atoms with van der Waals surface area (Å²) in [7, 11) is 0. The van der Waals surface area contributed by atoms with Crippen molar-refractivity contribution in [1.29, 1.82) is 0 Å². The van der Waals surface area contributed by atoms with Gasteiger partial charge in [-0.1, -0.05) is 17.7 Å². The fraction of sp³-hybridized carbons (Fsp3) is 0.429. The summed E-state index contributed by atoms with van der Waals surface area (Å²) < 4.78 is 5.41. The first kappa shape index (κ1) is 14.7. The summed E-state index contributed by atoms with van der Waals surface area (Å²) in [5.74, 6) is -0.435. The van der Waals surface area contributed by atoms with Crippen molar-refractivity contribution in [3.63, 3.8) is 0 Å². The van der Waals surface area contributed by atoms with E-state index in [1.165, 1.54) is 0 Å². The van der Waals surface area contributed by atoms with E-state index in [1.807, 2.05) is 13.0 Å². The molecule has 5 nitrogen and oxygen atoms in total. The standard InChI is InChI=1S/C14H16ClNO4/c1-9-2-3-11(15)12(4-9)20-8-13(17)16-6-10(7-16)5-14(18)19/h2-4,10H,5-8H2,1H3,(H,18,19). The number of nitrogens with zero attached hydrogens (tertiary/aromatic N) is 1. The highest BCUT2D eigenvalue weighted by atomic mass is 35.5. The van der Waals surface area contributed by atoms with Crippen molar-refractivity contribution in [3.8, 4) is 5.75 Å². The second kappa shape index (κ2) is 6.13. The first-order chi connectivity index (χ1) is 9.45. The molecule has 1 aliphatic rings. The Bertz CT molecular complexity index is 526. The summed E-state index contributed by atoms with van der Waals surface area (Å²) >= 11 is 5.97. The molecule has 0 aromatic heterocycles. The van der Waals surface area contributed by atoms with Crippen LogP contribution in [0.15, 0.2) is 18.2 Å². The first-order valence-electron chi connectivity index (χ1n) is 6.34. The number of carboxylic acids is 1. The Morgan fingerprint density at radius 2 is 2.15 bits per heavy atom. The Morgan fingerprint density at radius 3 is 2.80 bits per heavy atom. The number of carboxylic acid groups (broad SMARTS) is 1. The predicted octanol–water partition coefficient (Wildman–Crippen LogP) is 1.96. The Kier molecular flexibility index (Phi) is 4.49. The van der Waals surface area contributed by atoms with Crippen molar-refractivity contribution in [2.45, 2.75) is 13.3 Å². The molecule has 0 aliphatic carbocycles. The molecule has 1 fully saturated rings. The van der Waals surface area contributed by atoms with E-state index in [9.17, 15) is 9.59 Å². The van der Waals surface area contributed by atoms with E-state index in [0.29, 0.717) is 23.9 Å². The zero-order chi connectivity index (χ0) is 14.7. The van der Waals surface area contributed by atoms with Crippen LogP contribution >= 0.6 is 11.6 Å². The molecule has 0 atom stereocenters. The molecule has 1 N–H and O–H groups in total. The molecule has 0 unspecified atom stereocenters. The molecule has 6 heteroatoms. The molecule has 1 heterocycles. The number of ether oxygens (including phenoxy) is 1. The number of halogens is 1. The maximum Gasteiger partial charge on any atom is 0.303 e. The van der Waals surface area contributed by atoms with Gasteiger partial charge in [-0.15, -0.1) is 0 Å². The first-order valence-corrected chi connectivity index (χ1v) is 6.72. The minimum Gasteiger partial charge on any atom is -0.482 e. The van der Waals surface area contributed by atoms with Crippen molar-refractivity contribution in [1.82, 2.24) is 4.90 Å². The van der Waals surface area contributed by atoms with Crippen molar-refractivity contribution < 1.29 is 19.4 Å². The molecule has 0 radical (unpaired) electrons. The minimum atomic E-state index is -0.829. The fourth-order valence-electron chi connectivity index (χ4n) is 2.10. The molecule has 1 amide bonds. The minimum absolute atomic E-state index is 0.0546. The molecular formula is C14H16ClNO4. The van der Waals surface area contributed by atoms with E-state index in [1.54, 1.807) is 17.0 Å². The van der Waals surface area contributed by atoms with Crippen molar-refractivity contribution in [2.75, 3.05) is 19.7 Å². The van der Waals surface area contributed by atoms with Crippen molar-refractivity contribution in [3.05, 3.63) is 28.8 Å². The number of rotatable bonds is 5. The highest BCUT2D eigenvalue weighted by Crippen LogP contribution is 2.25. The van der Waals surface area contributed by atoms with E-state index in [-0.39, 0.29) is 24.9 Å². The van der Waals surface area contributed by atoms with Crippen LogP contribution in [0.5, 0.6) is 5.75 Å². The molecule has 0 saturated carbocycles. The average Bonchev–Trinajstić information content (AvgIpc) is 2.33. The van der Waals surface area contributed by atoms with E-state index >= 15 is 0 Å². The van der Waals surface area contributed by atoms with Gasteiger partial charge < -0.3 is 14.7 Å². The number of carbonyl (C=O) groups is 2. The molecule has 0 spiro atoms. The van der Waals surface area contributed by atoms with Gasteiger partial charge in [0, 0.05) is 19.0 Å². The number of aryl methyl sites for hydroxylation is 1. The summed E-state index contributed by atoms with van der Waals surface area (Å²) in [6, 6.07) is 5.37. The van der Waals surface area contributed by atoms with Gasteiger partial charge in [0.15, 0.2) is 6.61 Å². The summed E-state index contributed by atoms with van der Waals surface area (Å²) in [5, 5.41) is 9.11. The summed E-state index contributed by atoms with van der Waals surface area (Å²) in [5.41, 5.74) is 1.00. The highest BCUT2D eigenvalue weighted by Gasteiger charge is 2.32. The molecule has 1 aromatic rings. The quantitative estimate of drug-likeness (QED) is 0.902. The number of aliphatic carboxylic acids is 1. The largest absolute Gasteiger partial charge is 0.482 e. The predicted molar refractivity (Wildman–Crippen MR) is 74.0 cm³/mol. The molecule has 1 aliphatic heterocycles. The lowest BCUT2D eigenvalue weighted by molar-refractivity contribution is -0.146. The molecule has 0 bridgehead atoms. The van der Waals surface area contributed by atoms with E-state index in [4.69, 9.17) is 21.4 Å². The third-order valence-electron chi connectivity index (χ3n) is 3.21. The van der Waals surface area contributed by atoms with Crippen LogP contribution in [0.2, 0.25) is 5.02 Å². The van der Waals surface area contributed by atoms with Crippen molar-refractivity contribution >= 4 is 23.5 Å². The number of amides is 1. The third-order valence-corrected chi connectivity index (χ3v) is 3.52. The molecular weight excluding hydrogens is 282 g/mol. The topological polar surface area (TPSA) is 66.8 Å². The van der Waals surface area contributed by atoms with Crippen LogP contribution in [0.4, 0.5) is 0 Å². The summed E-state index contributed by atoms with van der Waals surface area (Å²) in [4.78, 5) is 23.9. The highest BCUT2D eigenvalue weighted by molar-refractivity contribution is 6.32. The lowest BCUT2D eigenvalue weighted by Gasteiger charge is -2.38. The van der Waals surface area contributed by atoms with Gasteiger partial charge in [0.1, 0.15) is 5.75 Å². The van der Waals surface area contributed by atoms with Gasteiger partial charge in [0.2, 0.25) is 0 Å². The van der Waals surface area contributed by atoms with Crippen LogP contribution < -0.4 is 4.74 Å². The van der Waals surface area contributed by atoms with Gasteiger partial charge in [-0.05, 0) is 24.6 Å². The number of hydrogen-bond acceptors (Lipinski definition) is 3. The van der Waals surface area contributed by atoms with Crippen molar-refractivity contribution in [2.24, 2.45) is 5.92 Å². The maximum atomic E-state index is 11.8. The maximum absolute atomic E-state index is 11.8. The van der Waals surface area contributed by atoms with Crippen LogP contribution in [0.3, 0.4) is 0 Å². The normalized spacial score (nSPS) is 14.8. The lowest BCUT2D eigenvalue weighted by Crippen LogP contribution is -2.52. The Labute approximate surface area is 122 Å². The number of hydrogen-bond donors (Lipinski definition) is 1. The molecule has 20 heavy (non-hydrogen) atoms. The van der Waals surface area contributed by atoms with E-state index in [2.05, 4.69) is 0 Å². The molecule has 108 valence electrons. The van der Waals surface area contributed by atoms with Gasteiger partial charge in [0.05, 0.1) is 11.4 Å². The monoisotopic (exact) mass is 297 g/mol. The second-order valence-electron chi connectivity index (χ2n) is 4.99. The molecule has 1 aromatic carbocycles. The Hall–Kier alpha value is -1.75. The lowest BCUT2D eigenvalue weighted by atomic mass is 9.96. The zero-order valence-electron chi connectivity index (χ0n) is 11.1. The third kappa shape index (κ3) is 3.63. The number of benzene rings is 1. The Morgan fingerprint density at radius 1 is 1.45 bits per heavy atom. The van der Waals surface area contributed by atoms with Crippen LogP contribution in [0.25, 0.3) is 0 Å². The fourth-order valence-corrected chi connectivity index (χ4v) is 2.27. The Balaban J connectivity index is 1.79. The number of carbonyl (C=O) groups excluding carboxylic acids is 1.